The molecule has 0 amide bonds. The number of nitrogen functional groups attached to an aromatic ring is 1. The summed E-state index contributed by atoms with van der Waals surface area (Å²) in [6, 6.07) is 19.6. The Morgan fingerprint density at radius 1 is 1.07 bits per heavy atom. The maximum atomic E-state index is 14.3. The summed E-state index contributed by atoms with van der Waals surface area (Å²) in [7, 11) is 0. The molecule has 0 aliphatic heterocycles. The van der Waals surface area contributed by atoms with Crippen LogP contribution in [0.5, 0.6) is 0 Å². The van der Waals surface area contributed by atoms with Gasteiger partial charge < -0.3 is 15.6 Å². The van der Waals surface area contributed by atoms with Gasteiger partial charge in [0.2, 0.25) is 5.95 Å². The number of benzene rings is 2. The molecule has 5 aromatic rings. The molecule has 6 rings (SSSR count). The Kier molecular flexibility index (Phi) is 6.32. The number of fused-ring (bicyclic) bond motifs is 1. The highest BCUT2D eigenvalue weighted by molar-refractivity contribution is 5.94. The maximum Gasteiger partial charge on any atom is 0.266 e. The molecule has 198 valence electrons. The highest BCUT2D eigenvalue weighted by atomic mass is 16.1. The third-order valence-electron chi connectivity index (χ3n) is 7.05. The van der Waals surface area contributed by atoms with Gasteiger partial charge >= 0.3 is 0 Å². The summed E-state index contributed by atoms with van der Waals surface area (Å²) >= 11 is 0. The van der Waals surface area contributed by atoms with E-state index >= 15 is 0 Å². The number of nitrogens with zero attached hydrogens (tertiary/aromatic N) is 6. The minimum absolute atomic E-state index is 0.0216. The first kappa shape index (κ1) is 25.0. The van der Waals surface area contributed by atoms with Crippen LogP contribution in [0.4, 0.5) is 11.8 Å². The van der Waals surface area contributed by atoms with Crippen molar-refractivity contribution in [2.24, 2.45) is 5.92 Å². The van der Waals surface area contributed by atoms with Crippen molar-refractivity contribution in [2.45, 2.75) is 32.4 Å². The summed E-state index contributed by atoms with van der Waals surface area (Å²) in [4.78, 5) is 39.9. The quantitative estimate of drug-likeness (QED) is 0.321. The number of para-hydroxylation sites is 1. The molecule has 3 aromatic heterocycles. The van der Waals surface area contributed by atoms with Crippen LogP contribution in [-0.4, -0.2) is 24.1 Å². The Balaban J connectivity index is 1.54. The summed E-state index contributed by atoms with van der Waals surface area (Å²) in [5.41, 5.74) is 8.32. The summed E-state index contributed by atoms with van der Waals surface area (Å²) in [6.45, 7) is 2.51. The van der Waals surface area contributed by atoms with E-state index in [0.717, 1.165) is 18.4 Å². The van der Waals surface area contributed by atoms with Gasteiger partial charge in [0.1, 0.15) is 23.3 Å². The van der Waals surface area contributed by atoms with Crippen molar-refractivity contribution in [1.29, 1.82) is 5.26 Å². The van der Waals surface area contributed by atoms with Crippen molar-refractivity contribution < 1.29 is 0 Å². The number of pyridine rings is 1. The molecule has 40 heavy (non-hydrogen) atoms. The SMILES string of the molecule is C[C@@H](Nc1nc(N)ncc1C#N)c1nc2cccc(-c3ccc(=O)n(CC4CC4)c3)c2c(=O)n1-c1ccccc1. The van der Waals surface area contributed by atoms with Crippen molar-refractivity contribution in [3.63, 3.8) is 0 Å². The smallest absolute Gasteiger partial charge is 0.266 e. The van der Waals surface area contributed by atoms with E-state index in [1.54, 1.807) is 27.3 Å². The lowest BCUT2D eigenvalue weighted by Crippen LogP contribution is -2.28. The van der Waals surface area contributed by atoms with Crippen molar-refractivity contribution in [3.8, 4) is 22.9 Å². The van der Waals surface area contributed by atoms with Gasteiger partial charge in [0.15, 0.2) is 0 Å². The molecule has 1 fully saturated rings. The van der Waals surface area contributed by atoms with Gasteiger partial charge in [-0.1, -0.05) is 30.3 Å². The summed E-state index contributed by atoms with van der Waals surface area (Å²) in [6.07, 6.45) is 5.44. The lowest BCUT2D eigenvalue weighted by Gasteiger charge is -2.21. The maximum absolute atomic E-state index is 14.3. The predicted molar refractivity (Wildman–Crippen MR) is 153 cm³/mol. The van der Waals surface area contributed by atoms with Crippen LogP contribution in [0, 0.1) is 17.2 Å². The number of hydrogen-bond donors (Lipinski definition) is 2. The number of rotatable bonds is 7. The Hall–Kier alpha value is -5.30. The lowest BCUT2D eigenvalue weighted by atomic mass is 10.0. The van der Waals surface area contributed by atoms with E-state index in [1.807, 2.05) is 55.6 Å². The predicted octanol–water partition coefficient (Wildman–Crippen LogP) is 4.04. The molecule has 1 aliphatic rings. The number of nitrogens with one attached hydrogen (secondary N) is 1. The van der Waals surface area contributed by atoms with Crippen molar-refractivity contribution in [3.05, 3.63) is 105 Å². The van der Waals surface area contributed by atoms with Gasteiger partial charge in [-0.15, -0.1) is 0 Å². The van der Waals surface area contributed by atoms with E-state index in [4.69, 9.17) is 10.7 Å². The van der Waals surface area contributed by atoms with Gasteiger partial charge in [0.25, 0.3) is 11.1 Å². The number of nitriles is 1. The fraction of sp³-hybridized carbons (Fsp3) is 0.200. The number of anilines is 2. The van der Waals surface area contributed by atoms with Crippen LogP contribution >= 0.6 is 0 Å². The van der Waals surface area contributed by atoms with E-state index in [1.165, 1.54) is 6.20 Å². The Labute approximate surface area is 229 Å². The first-order valence-corrected chi connectivity index (χ1v) is 13.0. The molecular weight excluding hydrogens is 504 g/mol. The monoisotopic (exact) mass is 530 g/mol. The molecule has 0 saturated heterocycles. The molecule has 10 heteroatoms. The first-order valence-electron chi connectivity index (χ1n) is 13.0. The summed E-state index contributed by atoms with van der Waals surface area (Å²) in [5, 5.41) is 13.2. The Bertz CT molecular complexity index is 1900. The minimum atomic E-state index is -0.539. The second-order valence-electron chi connectivity index (χ2n) is 9.97. The molecule has 3 heterocycles. The molecular formula is C30H26N8O2. The lowest BCUT2D eigenvalue weighted by molar-refractivity contribution is 0.607. The van der Waals surface area contributed by atoms with Gasteiger partial charge in [-0.25, -0.2) is 9.97 Å². The molecule has 1 saturated carbocycles. The largest absolute Gasteiger partial charge is 0.368 e. The second-order valence-corrected chi connectivity index (χ2v) is 9.97. The van der Waals surface area contributed by atoms with E-state index in [9.17, 15) is 14.9 Å². The third kappa shape index (κ3) is 4.69. The topological polar surface area (TPSA) is 145 Å². The fourth-order valence-corrected chi connectivity index (χ4v) is 4.87. The van der Waals surface area contributed by atoms with Gasteiger partial charge in [-0.05, 0) is 61.1 Å². The normalized spacial score (nSPS) is 13.6. The minimum Gasteiger partial charge on any atom is -0.368 e. The van der Waals surface area contributed by atoms with E-state index in [0.29, 0.717) is 40.4 Å². The van der Waals surface area contributed by atoms with Gasteiger partial charge in [0.05, 0.1) is 28.8 Å². The van der Waals surface area contributed by atoms with Gasteiger partial charge in [-0.3, -0.25) is 14.2 Å². The molecule has 3 N–H and O–H groups in total. The zero-order valence-corrected chi connectivity index (χ0v) is 21.8. The zero-order valence-electron chi connectivity index (χ0n) is 21.8. The average Bonchev–Trinajstić information content (AvgIpc) is 3.78. The standard InChI is InChI=1S/C30H26N8O2/c1-18(34-27-21(14-31)15-33-30(32)36-27)28-35-24-9-5-8-23(20-12-13-25(39)37(17-20)16-19-10-11-19)26(24)29(40)38(28)22-6-3-2-4-7-22/h2-9,12-13,15,17-19H,10-11,16H2,1H3,(H3,32,33,34,36)/t18-/m1/s1. The van der Waals surface area contributed by atoms with Crippen molar-refractivity contribution in [1.82, 2.24) is 24.1 Å². The second kappa shape index (κ2) is 10.1. The molecule has 1 atom stereocenters. The summed E-state index contributed by atoms with van der Waals surface area (Å²) < 4.78 is 3.30. The average molecular weight is 531 g/mol. The molecule has 1 aliphatic carbocycles. The molecule has 0 radical (unpaired) electrons. The van der Waals surface area contributed by atoms with Crippen LogP contribution in [0.1, 0.15) is 37.2 Å². The van der Waals surface area contributed by atoms with Gasteiger partial charge in [-0.2, -0.15) is 10.2 Å². The Morgan fingerprint density at radius 2 is 1.88 bits per heavy atom. The third-order valence-corrected chi connectivity index (χ3v) is 7.05. The van der Waals surface area contributed by atoms with Crippen LogP contribution in [0.2, 0.25) is 0 Å². The van der Waals surface area contributed by atoms with Crippen LogP contribution in [0.3, 0.4) is 0 Å². The van der Waals surface area contributed by atoms with Crippen molar-refractivity contribution in [2.75, 3.05) is 11.1 Å². The zero-order chi connectivity index (χ0) is 27.8. The molecule has 2 aromatic carbocycles. The highest BCUT2D eigenvalue weighted by Crippen LogP contribution is 2.31. The van der Waals surface area contributed by atoms with E-state index < -0.39 is 6.04 Å². The fourth-order valence-electron chi connectivity index (χ4n) is 4.87. The number of aromatic nitrogens is 5. The number of hydrogen-bond acceptors (Lipinski definition) is 8. The van der Waals surface area contributed by atoms with Crippen LogP contribution < -0.4 is 22.2 Å². The van der Waals surface area contributed by atoms with Crippen LogP contribution in [0.15, 0.2) is 82.6 Å². The van der Waals surface area contributed by atoms with Crippen LogP contribution in [0.25, 0.3) is 27.7 Å². The first-order chi connectivity index (χ1) is 19.4. The Morgan fingerprint density at radius 3 is 2.62 bits per heavy atom. The van der Waals surface area contributed by atoms with E-state index in [-0.39, 0.29) is 28.4 Å². The van der Waals surface area contributed by atoms with Crippen LogP contribution in [-0.2, 0) is 6.54 Å². The number of nitrogens with two attached hydrogens (primary N) is 1. The highest BCUT2D eigenvalue weighted by Gasteiger charge is 2.24. The summed E-state index contributed by atoms with van der Waals surface area (Å²) in [5.74, 6) is 1.23. The van der Waals surface area contributed by atoms with Gasteiger partial charge in [0, 0.05) is 18.8 Å². The molecule has 0 spiro atoms. The molecule has 0 bridgehead atoms. The van der Waals surface area contributed by atoms with Crippen molar-refractivity contribution >= 4 is 22.7 Å². The molecule has 0 unspecified atom stereocenters. The molecule has 10 nitrogen and oxygen atoms in total. The van der Waals surface area contributed by atoms with E-state index in [2.05, 4.69) is 21.4 Å².